The molecule has 198 valence electrons. The van der Waals surface area contributed by atoms with Crippen molar-refractivity contribution in [2.45, 2.75) is 13.5 Å². The molecule has 0 saturated carbocycles. The van der Waals surface area contributed by atoms with Gasteiger partial charge >= 0.3 is 0 Å². The molecule has 1 fully saturated rings. The molecule has 0 radical (unpaired) electrons. The van der Waals surface area contributed by atoms with E-state index in [-0.39, 0.29) is 6.61 Å². The fourth-order valence-corrected chi connectivity index (χ4v) is 5.55. The molecular formula is C32H29N7O. The second-order valence-electron chi connectivity index (χ2n) is 10.1. The van der Waals surface area contributed by atoms with Crippen LogP contribution in [-0.2, 0) is 6.61 Å². The first kappa shape index (κ1) is 24.4. The Morgan fingerprint density at radius 3 is 2.40 bits per heavy atom. The summed E-state index contributed by atoms with van der Waals surface area (Å²) < 4.78 is 1.92. The van der Waals surface area contributed by atoms with Crippen molar-refractivity contribution in [3.63, 3.8) is 0 Å². The van der Waals surface area contributed by atoms with Crippen LogP contribution < -0.4 is 10.2 Å². The number of pyridine rings is 2. The number of rotatable bonds is 5. The van der Waals surface area contributed by atoms with Crippen LogP contribution in [0, 0.1) is 6.92 Å². The van der Waals surface area contributed by atoms with Crippen LogP contribution in [0.2, 0.25) is 0 Å². The molecule has 0 unspecified atom stereocenters. The topological polar surface area (TPSA) is 91.5 Å². The van der Waals surface area contributed by atoms with Gasteiger partial charge in [-0.05, 0) is 66.1 Å². The molecule has 0 aliphatic carbocycles. The van der Waals surface area contributed by atoms with Crippen molar-refractivity contribution in [3.8, 4) is 33.5 Å². The molecule has 1 aliphatic rings. The Bertz CT molecular complexity index is 1840. The number of hydrogen-bond donors (Lipinski definition) is 2. The van der Waals surface area contributed by atoms with Gasteiger partial charge < -0.3 is 15.3 Å². The lowest BCUT2D eigenvalue weighted by Gasteiger charge is -2.29. The molecule has 0 amide bonds. The Kier molecular flexibility index (Phi) is 6.18. The number of piperazine rings is 1. The van der Waals surface area contributed by atoms with E-state index in [0.717, 1.165) is 81.9 Å². The number of imidazole rings is 1. The molecule has 1 aliphatic heterocycles. The van der Waals surface area contributed by atoms with Gasteiger partial charge in [0.05, 0.1) is 35.4 Å². The number of nitrogens with zero attached hydrogens (tertiary/aromatic N) is 6. The van der Waals surface area contributed by atoms with E-state index in [1.54, 1.807) is 6.20 Å². The van der Waals surface area contributed by atoms with Crippen molar-refractivity contribution < 1.29 is 5.11 Å². The molecule has 8 nitrogen and oxygen atoms in total. The van der Waals surface area contributed by atoms with Crippen LogP contribution >= 0.6 is 0 Å². The maximum Gasteiger partial charge on any atom is 0.154 e. The minimum Gasteiger partial charge on any atom is -0.390 e. The molecule has 0 spiro atoms. The van der Waals surface area contributed by atoms with Crippen molar-refractivity contribution in [2.24, 2.45) is 0 Å². The highest BCUT2D eigenvalue weighted by atomic mass is 16.3. The number of benzene rings is 2. The molecule has 6 aromatic rings. The van der Waals surface area contributed by atoms with Crippen LogP contribution in [-0.4, -0.2) is 55.9 Å². The SMILES string of the molecule is Cc1nn2c(-c3ccnc4cc(-c5ccnc(CO)c5)ccc34)cnc2cc1-c1ccc(N2CCNCC2)cc1. The summed E-state index contributed by atoms with van der Waals surface area (Å²) in [5.41, 5.74) is 10.7. The second-order valence-corrected chi connectivity index (χ2v) is 10.1. The normalized spacial score (nSPS) is 13.8. The average Bonchev–Trinajstić information content (AvgIpc) is 3.43. The molecular weight excluding hydrogens is 498 g/mol. The van der Waals surface area contributed by atoms with E-state index >= 15 is 0 Å². The van der Waals surface area contributed by atoms with Gasteiger partial charge in [0, 0.05) is 60.8 Å². The molecule has 8 heteroatoms. The third-order valence-corrected chi connectivity index (χ3v) is 7.67. The monoisotopic (exact) mass is 527 g/mol. The largest absolute Gasteiger partial charge is 0.390 e. The number of fused-ring (bicyclic) bond motifs is 2. The third-order valence-electron chi connectivity index (χ3n) is 7.67. The fraction of sp³-hybridized carbons (Fsp3) is 0.188. The van der Waals surface area contributed by atoms with E-state index < -0.39 is 0 Å². The zero-order valence-corrected chi connectivity index (χ0v) is 22.2. The number of nitrogens with one attached hydrogen (secondary N) is 1. The summed E-state index contributed by atoms with van der Waals surface area (Å²) in [5.74, 6) is 0. The Morgan fingerprint density at radius 2 is 1.57 bits per heavy atom. The van der Waals surface area contributed by atoms with Crippen molar-refractivity contribution >= 4 is 22.2 Å². The van der Waals surface area contributed by atoms with Crippen molar-refractivity contribution in [1.82, 2.24) is 29.9 Å². The average molecular weight is 528 g/mol. The highest BCUT2D eigenvalue weighted by Gasteiger charge is 2.16. The molecule has 0 bridgehead atoms. The predicted molar refractivity (Wildman–Crippen MR) is 158 cm³/mol. The van der Waals surface area contributed by atoms with E-state index in [9.17, 15) is 5.11 Å². The first-order valence-corrected chi connectivity index (χ1v) is 13.5. The van der Waals surface area contributed by atoms with Crippen molar-refractivity contribution in [1.29, 1.82) is 0 Å². The maximum atomic E-state index is 9.48. The summed E-state index contributed by atoms with van der Waals surface area (Å²) in [6.07, 6.45) is 5.43. The Morgan fingerprint density at radius 1 is 0.800 bits per heavy atom. The van der Waals surface area contributed by atoms with Gasteiger partial charge in [0.1, 0.15) is 0 Å². The van der Waals surface area contributed by atoms with Crippen LogP contribution in [0.25, 0.3) is 50.1 Å². The van der Waals surface area contributed by atoms with Crippen LogP contribution in [0.3, 0.4) is 0 Å². The summed E-state index contributed by atoms with van der Waals surface area (Å²) in [4.78, 5) is 16.0. The molecule has 2 aromatic carbocycles. The lowest BCUT2D eigenvalue weighted by molar-refractivity contribution is 0.277. The number of hydrogen-bond acceptors (Lipinski definition) is 7. The molecule has 4 aromatic heterocycles. The highest BCUT2D eigenvalue weighted by Crippen LogP contribution is 2.33. The second kappa shape index (κ2) is 10.1. The van der Waals surface area contributed by atoms with Gasteiger partial charge in [-0.2, -0.15) is 5.10 Å². The van der Waals surface area contributed by atoms with Gasteiger partial charge in [-0.1, -0.05) is 24.3 Å². The molecule has 2 N–H and O–H groups in total. The summed E-state index contributed by atoms with van der Waals surface area (Å²) in [6, 6.07) is 23.0. The number of aliphatic hydroxyl groups is 1. The summed E-state index contributed by atoms with van der Waals surface area (Å²) in [5, 5.41) is 18.9. The van der Waals surface area contributed by atoms with Crippen LogP contribution in [0.15, 0.2) is 85.3 Å². The van der Waals surface area contributed by atoms with Crippen LogP contribution in [0.1, 0.15) is 11.4 Å². The van der Waals surface area contributed by atoms with Gasteiger partial charge in [0.2, 0.25) is 0 Å². The van der Waals surface area contributed by atoms with E-state index in [0.29, 0.717) is 5.69 Å². The van der Waals surface area contributed by atoms with Gasteiger partial charge in [-0.3, -0.25) is 9.97 Å². The third kappa shape index (κ3) is 4.37. The lowest BCUT2D eigenvalue weighted by Crippen LogP contribution is -2.43. The van der Waals surface area contributed by atoms with Gasteiger partial charge in [-0.25, -0.2) is 9.50 Å². The van der Waals surface area contributed by atoms with Gasteiger partial charge in [-0.15, -0.1) is 0 Å². The molecule has 7 rings (SSSR count). The molecule has 40 heavy (non-hydrogen) atoms. The fourth-order valence-electron chi connectivity index (χ4n) is 5.55. The lowest BCUT2D eigenvalue weighted by atomic mass is 10.0. The van der Waals surface area contributed by atoms with E-state index in [1.165, 1.54) is 5.69 Å². The van der Waals surface area contributed by atoms with E-state index in [4.69, 9.17) is 10.1 Å². The highest BCUT2D eigenvalue weighted by molar-refractivity contribution is 5.96. The van der Waals surface area contributed by atoms with Crippen molar-refractivity contribution in [2.75, 3.05) is 31.1 Å². The van der Waals surface area contributed by atoms with E-state index in [2.05, 4.69) is 75.6 Å². The Balaban J connectivity index is 1.24. The van der Waals surface area contributed by atoms with Gasteiger partial charge in [0.25, 0.3) is 0 Å². The Labute approximate surface area is 232 Å². The van der Waals surface area contributed by atoms with E-state index in [1.807, 2.05) is 35.1 Å². The smallest absolute Gasteiger partial charge is 0.154 e. The zero-order valence-electron chi connectivity index (χ0n) is 22.2. The van der Waals surface area contributed by atoms with Crippen LogP contribution in [0.4, 0.5) is 5.69 Å². The molecule has 5 heterocycles. The standard InChI is InChI=1S/C32H29N7O/c1-21-29(22-2-5-26(6-3-22)38-14-12-33-13-15-38)18-32-36-19-31(39(32)37-21)28-9-11-35-30-17-23(4-7-27(28)30)24-8-10-34-25(16-24)20-40/h2-11,16-19,33,40H,12-15,20H2,1H3. The molecule has 1 saturated heterocycles. The summed E-state index contributed by atoms with van der Waals surface area (Å²) >= 11 is 0. The zero-order chi connectivity index (χ0) is 27.1. The maximum absolute atomic E-state index is 9.48. The quantitative estimate of drug-likeness (QED) is 0.330. The predicted octanol–water partition coefficient (Wildman–Crippen LogP) is 4.88. The Hall–Kier alpha value is -4.66. The van der Waals surface area contributed by atoms with Crippen LogP contribution in [0.5, 0.6) is 0 Å². The van der Waals surface area contributed by atoms with Crippen molar-refractivity contribution in [3.05, 3.63) is 96.7 Å². The molecule has 0 atom stereocenters. The minimum absolute atomic E-state index is 0.0892. The summed E-state index contributed by atoms with van der Waals surface area (Å²) in [7, 11) is 0. The number of aryl methyl sites for hydroxylation is 1. The first-order valence-electron chi connectivity index (χ1n) is 13.5. The first-order chi connectivity index (χ1) is 19.7. The van der Waals surface area contributed by atoms with Gasteiger partial charge in [0.15, 0.2) is 5.65 Å². The minimum atomic E-state index is -0.0892. The number of anilines is 1. The number of aliphatic hydroxyl groups excluding tert-OH is 1. The number of aromatic nitrogens is 5. The summed E-state index contributed by atoms with van der Waals surface area (Å²) in [6.45, 7) is 6.06.